The first kappa shape index (κ1) is 21.5. The number of pyridine rings is 1. The summed E-state index contributed by atoms with van der Waals surface area (Å²) in [7, 11) is 0. The lowest BCUT2D eigenvalue weighted by Crippen LogP contribution is -2.22. The summed E-state index contributed by atoms with van der Waals surface area (Å²) in [6, 6.07) is 25.8. The molecule has 1 N–H and O–H groups in total. The maximum atomic E-state index is 12.8. The number of carbonyl (C=O) groups excluding carboxylic acids is 1. The standard InChI is InChI=1S/C29H24N4O/c1-19-5-9-22(10-6-19)27-28(23-11-7-20(2)8-12-23)33-26-16-24(13-14-25(26)32-27)29(34)31-18-21-4-3-15-30-17-21/h3-17H,18H2,1-2H3,(H,31,34). The average molecular weight is 445 g/mol. The van der Waals surface area contributed by atoms with Crippen LogP contribution in [0, 0.1) is 13.8 Å². The Morgan fingerprint density at radius 1 is 0.765 bits per heavy atom. The third-order valence-electron chi connectivity index (χ3n) is 5.75. The number of carbonyl (C=O) groups is 1. The van der Waals surface area contributed by atoms with Crippen LogP contribution in [-0.4, -0.2) is 20.9 Å². The van der Waals surface area contributed by atoms with Gasteiger partial charge in [0.1, 0.15) is 0 Å². The molecule has 5 rings (SSSR count). The highest BCUT2D eigenvalue weighted by Crippen LogP contribution is 2.31. The van der Waals surface area contributed by atoms with Crippen molar-refractivity contribution in [3.05, 3.63) is 114 Å². The highest BCUT2D eigenvalue weighted by atomic mass is 16.1. The van der Waals surface area contributed by atoms with Crippen molar-refractivity contribution in [2.24, 2.45) is 0 Å². The minimum Gasteiger partial charge on any atom is -0.348 e. The summed E-state index contributed by atoms with van der Waals surface area (Å²) in [5.41, 5.74) is 8.91. The van der Waals surface area contributed by atoms with Gasteiger partial charge in [-0.2, -0.15) is 0 Å². The predicted molar refractivity (Wildman–Crippen MR) is 135 cm³/mol. The fraction of sp³-hybridized carbons (Fsp3) is 0.103. The Morgan fingerprint density at radius 2 is 1.38 bits per heavy atom. The molecule has 0 saturated heterocycles. The number of rotatable bonds is 5. The molecule has 34 heavy (non-hydrogen) atoms. The summed E-state index contributed by atoms with van der Waals surface area (Å²) in [4.78, 5) is 26.8. The van der Waals surface area contributed by atoms with Gasteiger partial charge in [0, 0.05) is 35.6 Å². The van der Waals surface area contributed by atoms with E-state index in [1.165, 1.54) is 11.1 Å². The molecule has 0 unspecified atom stereocenters. The summed E-state index contributed by atoms with van der Waals surface area (Å²) >= 11 is 0. The van der Waals surface area contributed by atoms with Crippen molar-refractivity contribution >= 4 is 16.9 Å². The zero-order valence-electron chi connectivity index (χ0n) is 19.1. The Balaban J connectivity index is 1.55. The Bertz CT molecular complexity index is 1460. The molecule has 3 aromatic carbocycles. The van der Waals surface area contributed by atoms with E-state index in [2.05, 4.69) is 72.7 Å². The van der Waals surface area contributed by atoms with Gasteiger partial charge in [-0.3, -0.25) is 9.78 Å². The zero-order valence-corrected chi connectivity index (χ0v) is 19.1. The molecule has 5 heteroatoms. The van der Waals surface area contributed by atoms with Crippen molar-refractivity contribution in [3.63, 3.8) is 0 Å². The van der Waals surface area contributed by atoms with Gasteiger partial charge in [0.05, 0.1) is 22.4 Å². The third kappa shape index (κ3) is 4.55. The van der Waals surface area contributed by atoms with Crippen LogP contribution in [0.25, 0.3) is 33.5 Å². The smallest absolute Gasteiger partial charge is 0.251 e. The van der Waals surface area contributed by atoms with Crippen molar-refractivity contribution in [2.75, 3.05) is 0 Å². The van der Waals surface area contributed by atoms with Gasteiger partial charge in [0.15, 0.2) is 0 Å². The largest absolute Gasteiger partial charge is 0.348 e. The first-order valence-electron chi connectivity index (χ1n) is 11.2. The Hall–Kier alpha value is -4.38. The molecule has 0 fully saturated rings. The molecule has 0 atom stereocenters. The van der Waals surface area contributed by atoms with E-state index in [9.17, 15) is 4.79 Å². The van der Waals surface area contributed by atoms with Crippen LogP contribution >= 0.6 is 0 Å². The number of hydrogen-bond donors (Lipinski definition) is 1. The van der Waals surface area contributed by atoms with Crippen molar-refractivity contribution in [1.29, 1.82) is 0 Å². The van der Waals surface area contributed by atoms with Crippen LogP contribution in [0.1, 0.15) is 27.0 Å². The van der Waals surface area contributed by atoms with E-state index >= 15 is 0 Å². The number of fused-ring (bicyclic) bond motifs is 1. The molecular formula is C29H24N4O. The van der Waals surface area contributed by atoms with E-state index in [0.29, 0.717) is 17.6 Å². The predicted octanol–water partition coefficient (Wildman–Crippen LogP) is 5.91. The van der Waals surface area contributed by atoms with E-state index in [0.717, 1.165) is 33.6 Å². The first-order valence-corrected chi connectivity index (χ1v) is 11.2. The molecule has 0 radical (unpaired) electrons. The lowest BCUT2D eigenvalue weighted by atomic mass is 10.0. The van der Waals surface area contributed by atoms with E-state index in [4.69, 9.17) is 9.97 Å². The second-order valence-electron chi connectivity index (χ2n) is 8.40. The molecular weight excluding hydrogens is 420 g/mol. The molecule has 2 aromatic heterocycles. The van der Waals surface area contributed by atoms with Gasteiger partial charge >= 0.3 is 0 Å². The van der Waals surface area contributed by atoms with Crippen molar-refractivity contribution in [2.45, 2.75) is 20.4 Å². The van der Waals surface area contributed by atoms with Gasteiger partial charge in [-0.25, -0.2) is 9.97 Å². The fourth-order valence-corrected chi connectivity index (χ4v) is 3.81. The molecule has 0 aliphatic rings. The number of amides is 1. The normalized spacial score (nSPS) is 10.9. The number of nitrogens with zero attached hydrogens (tertiary/aromatic N) is 3. The Labute approximate surface area is 198 Å². The molecule has 0 spiro atoms. The summed E-state index contributed by atoms with van der Waals surface area (Å²) in [5.74, 6) is -0.160. The zero-order chi connectivity index (χ0) is 23.5. The first-order chi connectivity index (χ1) is 16.6. The fourth-order valence-electron chi connectivity index (χ4n) is 3.81. The molecule has 0 aliphatic carbocycles. The summed E-state index contributed by atoms with van der Waals surface area (Å²) in [6.45, 7) is 4.54. The number of aryl methyl sites for hydroxylation is 2. The van der Waals surface area contributed by atoms with Gasteiger partial charge in [0.2, 0.25) is 0 Å². The molecule has 0 saturated carbocycles. The molecule has 166 valence electrons. The summed E-state index contributed by atoms with van der Waals surface area (Å²) in [5, 5.41) is 2.95. The van der Waals surface area contributed by atoms with Crippen LogP contribution in [0.3, 0.4) is 0 Å². The van der Waals surface area contributed by atoms with E-state index in [1.54, 1.807) is 24.5 Å². The minimum atomic E-state index is -0.160. The second kappa shape index (κ2) is 9.24. The average Bonchev–Trinajstić information content (AvgIpc) is 2.88. The lowest BCUT2D eigenvalue weighted by molar-refractivity contribution is 0.0951. The van der Waals surface area contributed by atoms with Crippen LogP contribution in [0.2, 0.25) is 0 Å². The number of aromatic nitrogens is 3. The summed E-state index contributed by atoms with van der Waals surface area (Å²) < 4.78 is 0. The van der Waals surface area contributed by atoms with Crippen LogP contribution in [-0.2, 0) is 6.54 Å². The van der Waals surface area contributed by atoms with Crippen LogP contribution < -0.4 is 5.32 Å². The number of benzene rings is 3. The molecule has 5 aromatic rings. The minimum absolute atomic E-state index is 0.160. The summed E-state index contributed by atoms with van der Waals surface area (Å²) in [6.07, 6.45) is 3.45. The van der Waals surface area contributed by atoms with E-state index in [1.807, 2.05) is 18.2 Å². The topological polar surface area (TPSA) is 67.8 Å². The highest BCUT2D eigenvalue weighted by molar-refractivity contribution is 5.98. The SMILES string of the molecule is Cc1ccc(-c2nc3ccc(C(=O)NCc4cccnc4)cc3nc2-c2ccc(C)cc2)cc1. The van der Waals surface area contributed by atoms with Crippen LogP contribution in [0.5, 0.6) is 0 Å². The van der Waals surface area contributed by atoms with E-state index in [-0.39, 0.29) is 5.91 Å². The number of hydrogen-bond acceptors (Lipinski definition) is 4. The Kier molecular flexibility index (Phi) is 5.83. The van der Waals surface area contributed by atoms with Crippen molar-refractivity contribution < 1.29 is 4.79 Å². The van der Waals surface area contributed by atoms with Gasteiger partial charge in [-0.1, -0.05) is 65.7 Å². The Morgan fingerprint density at radius 3 is 1.97 bits per heavy atom. The number of nitrogens with one attached hydrogen (secondary N) is 1. The van der Waals surface area contributed by atoms with Gasteiger partial charge in [-0.05, 0) is 43.7 Å². The second-order valence-corrected chi connectivity index (χ2v) is 8.40. The maximum absolute atomic E-state index is 12.8. The van der Waals surface area contributed by atoms with Gasteiger partial charge in [0.25, 0.3) is 5.91 Å². The monoisotopic (exact) mass is 444 g/mol. The highest BCUT2D eigenvalue weighted by Gasteiger charge is 2.15. The van der Waals surface area contributed by atoms with Gasteiger partial charge < -0.3 is 5.32 Å². The van der Waals surface area contributed by atoms with Crippen molar-refractivity contribution in [3.8, 4) is 22.5 Å². The van der Waals surface area contributed by atoms with Crippen LogP contribution in [0.15, 0.2) is 91.3 Å². The van der Waals surface area contributed by atoms with E-state index < -0.39 is 0 Å². The van der Waals surface area contributed by atoms with Gasteiger partial charge in [-0.15, -0.1) is 0 Å². The van der Waals surface area contributed by atoms with Crippen LogP contribution in [0.4, 0.5) is 0 Å². The molecule has 2 heterocycles. The maximum Gasteiger partial charge on any atom is 0.251 e. The van der Waals surface area contributed by atoms with Crippen molar-refractivity contribution in [1.82, 2.24) is 20.3 Å². The molecule has 1 amide bonds. The molecule has 0 bridgehead atoms. The lowest BCUT2D eigenvalue weighted by Gasteiger charge is -2.12. The molecule has 0 aliphatic heterocycles. The third-order valence-corrected chi connectivity index (χ3v) is 5.75. The quantitative estimate of drug-likeness (QED) is 0.366. The molecule has 5 nitrogen and oxygen atoms in total.